The monoisotopic (exact) mass is 302 g/mol. The molecule has 3 heteroatoms. The summed E-state index contributed by atoms with van der Waals surface area (Å²) in [4.78, 5) is 0. The molecule has 0 N–H and O–H groups in total. The van der Waals surface area contributed by atoms with E-state index < -0.39 is 0 Å². The van der Waals surface area contributed by atoms with E-state index >= 15 is 0 Å². The van der Waals surface area contributed by atoms with Crippen LogP contribution >= 0.6 is 15.9 Å². The molecule has 1 aromatic carbocycles. The van der Waals surface area contributed by atoms with Crippen LogP contribution in [-0.4, -0.2) is 6.61 Å². The molecule has 0 heterocycles. The lowest BCUT2D eigenvalue weighted by molar-refractivity contribution is 0.290. The fourth-order valence-electron chi connectivity index (χ4n) is 1.63. The molecular formula is C14H20BrFO. The number of unbranched alkanes of at least 4 members (excludes halogenated alkanes) is 4. The number of hydrogen-bond acceptors (Lipinski definition) is 1. The van der Waals surface area contributed by atoms with Crippen LogP contribution in [0.1, 0.15) is 44.6 Å². The van der Waals surface area contributed by atoms with Crippen molar-refractivity contribution in [1.82, 2.24) is 0 Å². The first-order valence-electron chi connectivity index (χ1n) is 6.25. The first-order chi connectivity index (χ1) is 8.27. The first kappa shape index (κ1) is 14.5. The van der Waals surface area contributed by atoms with Crippen molar-refractivity contribution in [1.29, 1.82) is 0 Å². The van der Waals surface area contributed by atoms with E-state index in [0.717, 1.165) is 18.4 Å². The van der Waals surface area contributed by atoms with Crippen LogP contribution in [0.25, 0.3) is 0 Å². The largest absolute Gasteiger partial charge is 0.491 e. The van der Waals surface area contributed by atoms with Gasteiger partial charge in [-0.05, 0) is 24.1 Å². The van der Waals surface area contributed by atoms with E-state index in [4.69, 9.17) is 4.74 Å². The maximum atomic E-state index is 13.5. The van der Waals surface area contributed by atoms with Crippen molar-refractivity contribution in [2.24, 2.45) is 0 Å². The van der Waals surface area contributed by atoms with E-state index in [2.05, 4.69) is 22.9 Å². The van der Waals surface area contributed by atoms with Gasteiger partial charge in [0.15, 0.2) is 11.6 Å². The number of benzene rings is 1. The molecule has 0 radical (unpaired) electrons. The number of hydrogen-bond donors (Lipinski definition) is 0. The van der Waals surface area contributed by atoms with Gasteiger partial charge in [-0.25, -0.2) is 4.39 Å². The molecule has 0 atom stereocenters. The molecule has 0 saturated carbocycles. The summed E-state index contributed by atoms with van der Waals surface area (Å²) in [7, 11) is 0. The Morgan fingerprint density at radius 1 is 1.18 bits per heavy atom. The van der Waals surface area contributed by atoms with E-state index in [1.165, 1.54) is 25.3 Å². The predicted octanol–water partition coefficient (Wildman–Crippen LogP) is 5.07. The second-order valence-corrected chi connectivity index (χ2v) is 4.72. The Kier molecular flexibility index (Phi) is 7.25. The predicted molar refractivity (Wildman–Crippen MR) is 73.3 cm³/mol. The summed E-state index contributed by atoms with van der Waals surface area (Å²) < 4.78 is 18.9. The molecule has 0 aliphatic carbocycles. The van der Waals surface area contributed by atoms with Crippen molar-refractivity contribution in [3.63, 3.8) is 0 Å². The molecule has 0 spiro atoms. The average molecular weight is 303 g/mol. The zero-order valence-corrected chi connectivity index (χ0v) is 11.9. The van der Waals surface area contributed by atoms with Gasteiger partial charge >= 0.3 is 0 Å². The molecular weight excluding hydrogens is 283 g/mol. The Hall–Kier alpha value is -0.570. The summed E-state index contributed by atoms with van der Waals surface area (Å²) in [6.07, 6.45) is 5.91. The maximum absolute atomic E-state index is 13.5. The van der Waals surface area contributed by atoms with Crippen LogP contribution in [0.15, 0.2) is 18.2 Å². The lowest BCUT2D eigenvalue weighted by atomic mass is 10.2. The summed E-state index contributed by atoms with van der Waals surface area (Å²) in [5.41, 5.74) is 0.929. The van der Waals surface area contributed by atoms with E-state index in [1.807, 2.05) is 6.07 Å². The lowest BCUT2D eigenvalue weighted by Crippen LogP contribution is -1.99. The molecule has 1 rings (SSSR count). The molecule has 96 valence electrons. The molecule has 0 unspecified atom stereocenters. The Morgan fingerprint density at radius 3 is 2.59 bits per heavy atom. The third-order valence-electron chi connectivity index (χ3n) is 2.66. The van der Waals surface area contributed by atoms with Gasteiger partial charge in [-0.3, -0.25) is 0 Å². The van der Waals surface area contributed by atoms with E-state index in [0.29, 0.717) is 17.7 Å². The third kappa shape index (κ3) is 5.53. The van der Waals surface area contributed by atoms with Gasteiger partial charge in [0.2, 0.25) is 0 Å². The van der Waals surface area contributed by atoms with Gasteiger partial charge in [0.25, 0.3) is 0 Å². The summed E-state index contributed by atoms with van der Waals surface area (Å²) in [6, 6.07) is 5.10. The average Bonchev–Trinajstić information content (AvgIpc) is 2.35. The van der Waals surface area contributed by atoms with E-state index in [-0.39, 0.29) is 5.82 Å². The van der Waals surface area contributed by atoms with Crippen molar-refractivity contribution >= 4 is 15.9 Å². The fourth-order valence-corrected chi connectivity index (χ4v) is 1.98. The van der Waals surface area contributed by atoms with Crippen LogP contribution in [0.3, 0.4) is 0 Å². The number of ether oxygens (including phenoxy) is 1. The van der Waals surface area contributed by atoms with Gasteiger partial charge in [0, 0.05) is 5.33 Å². The van der Waals surface area contributed by atoms with E-state index in [1.54, 1.807) is 6.07 Å². The van der Waals surface area contributed by atoms with Crippen molar-refractivity contribution in [2.75, 3.05) is 6.61 Å². The van der Waals surface area contributed by atoms with Crippen LogP contribution in [-0.2, 0) is 5.33 Å². The second kappa shape index (κ2) is 8.51. The SMILES string of the molecule is CCCCCCCOc1ccc(CBr)cc1F. The second-order valence-electron chi connectivity index (χ2n) is 4.16. The first-order valence-corrected chi connectivity index (χ1v) is 7.37. The standard InChI is InChI=1S/C14H20BrFO/c1-2-3-4-5-6-9-17-14-8-7-12(11-15)10-13(14)16/h7-8,10H,2-6,9,11H2,1H3. The van der Waals surface area contributed by atoms with Gasteiger partial charge in [0.1, 0.15) is 0 Å². The molecule has 0 aromatic heterocycles. The highest BCUT2D eigenvalue weighted by atomic mass is 79.9. The van der Waals surface area contributed by atoms with Gasteiger partial charge in [-0.15, -0.1) is 0 Å². The van der Waals surface area contributed by atoms with Crippen LogP contribution in [0.5, 0.6) is 5.75 Å². The minimum absolute atomic E-state index is 0.268. The molecule has 1 nitrogen and oxygen atoms in total. The maximum Gasteiger partial charge on any atom is 0.165 e. The van der Waals surface area contributed by atoms with Gasteiger partial charge in [0.05, 0.1) is 6.61 Å². The molecule has 0 aliphatic heterocycles. The van der Waals surface area contributed by atoms with Gasteiger partial charge in [-0.1, -0.05) is 54.6 Å². The van der Waals surface area contributed by atoms with Gasteiger partial charge < -0.3 is 4.74 Å². The van der Waals surface area contributed by atoms with Crippen molar-refractivity contribution in [2.45, 2.75) is 44.4 Å². The Labute approximate surface area is 111 Å². The highest BCUT2D eigenvalue weighted by Crippen LogP contribution is 2.20. The summed E-state index contributed by atoms with van der Waals surface area (Å²) in [5.74, 6) is 0.0979. The Bertz CT molecular complexity index is 328. The quantitative estimate of drug-likeness (QED) is 0.481. The zero-order valence-electron chi connectivity index (χ0n) is 10.3. The molecule has 0 fully saturated rings. The summed E-state index contributed by atoms with van der Waals surface area (Å²) in [5, 5.41) is 0.668. The number of rotatable bonds is 8. The van der Waals surface area contributed by atoms with Crippen molar-refractivity contribution < 1.29 is 9.13 Å². The number of alkyl halides is 1. The van der Waals surface area contributed by atoms with E-state index in [9.17, 15) is 4.39 Å². The molecule has 0 bridgehead atoms. The molecule has 17 heavy (non-hydrogen) atoms. The van der Waals surface area contributed by atoms with Crippen LogP contribution in [0.2, 0.25) is 0 Å². The van der Waals surface area contributed by atoms with Crippen LogP contribution in [0.4, 0.5) is 4.39 Å². The third-order valence-corrected chi connectivity index (χ3v) is 3.30. The smallest absolute Gasteiger partial charge is 0.165 e. The lowest BCUT2D eigenvalue weighted by Gasteiger charge is -2.07. The summed E-state index contributed by atoms with van der Waals surface area (Å²) in [6.45, 7) is 2.80. The minimum Gasteiger partial charge on any atom is -0.491 e. The molecule has 0 saturated heterocycles. The van der Waals surface area contributed by atoms with Crippen LogP contribution in [0, 0.1) is 5.82 Å². The van der Waals surface area contributed by atoms with Crippen LogP contribution < -0.4 is 4.74 Å². The molecule has 1 aromatic rings. The van der Waals surface area contributed by atoms with Crippen molar-refractivity contribution in [3.05, 3.63) is 29.6 Å². The minimum atomic E-state index is -0.268. The van der Waals surface area contributed by atoms with Gasteiger partial charge in [-0.2, -0.15) is 0 Å². The Balaban J connectivity index is 2.27. The molecule has 0 amide bonds. The normalized spacial score (nSPS) is 10.5. The topological polar surface area (TPSA) is 9.23 Å². The fraction of sp³-hybridized carbons (Fsp3) is 0.571. The Morgan fingerprint density at radius 2 is 1.94 bits per heavy atom. The zero-order chi connectivity index (χ0) is 12.5. The molecule has 0 aliphatic rings. The highest BCUT2D eigenvalue weighted by molar-refractivity contribution is 9.08. The number of halogens is 2. The van der Waals surface area contributed by atoms with Crippen molar-refractivity contribution in [3.8, 4) is 5.75 Å². The summed E-state index contributed by atoms with van der Waals surface area (Å²) >= 11 is 3.30. The highest BCUT2D eigenvalue weighted by Gasteiger charge is 2.03.